The molecule has 0 spiro atoms. The van der Waals surface area contributed by atoms with Crippen LogP contribution in [0.4, 0.5) is 0 Å². The molecule has 1 saturated carbocycles. The highest BCUT2D eigenvalue weighted by Gasteiger charge is 2.29. The highest BCUT2D eigenvalue weighted by molar-refractivity contribution is 5.10. The fourth-order valence-electron chi connectivity index (χ4n) is 2.99. The van der Waals surface area contributed by atoms with Crippen molar-refractivity contribution in [2.45, 2.75) is 66.1 Å². The molecule has 1 fully saturated rings. The first-order chi connectivity index (χ1) is 8.65. The Morgan fingerprint density at radius 3 is 2.67 bits per heavy atom. The molecule has 0 radical (unpaired) electrons. The Hall–Kier alpha value is -0.830. The van der Waals surface area contributed by atoms with Crippen molar-refractivity contribution < 1.29 is 0 Å². The van der Waals surface area contributed by atoms with E-state index in [1.807, 2.05) is 0 Å². The molecule has 1 aromatic rings. The fourth-order valence-corrected chi connectivity index (χ4v) is 2.99. The lowest BCUT2D eigenvalue weighted by atomic mass is 9.98. The highest BCUT2D eigenvalue weighted by atomic mass is 15.3. The van der Waals surface area contributed by atoms with Crippen molar-refractivity contribution in [3.05, 3.63) is 17.5 Å². The average Bonchev–Trinajstić information content (AvgIpc) is 2.92. The van der Waals surface area contributed by atoms with Crippen LogP contribution in [-0.2, 0) is 19.5 Å². The Kier molecular flexibility index (Phi) is 4.44. The van der Waals surface area contributed by atoms with Gasteiger partial charge in [-0.3, -0.25) is 4.68 Å². The van der Waals surface area contributed by atoms with Gasteiger partial charge in [-0.15, -0.1) is 0 Å². The second-order valence-electron chi connectivity index (χ2n) is 5.70. The van der Waals surface area contributed by atoms with E-state index in [1.165, 1.54) is 24.2 Å². The monoisotopic (exact) mass is 249 g/mol. The molecule has 1 aliphatic rings. The summed E-state index contributed by atoms with van der Waals surface area (Å²) in [6, 6.07) is 2.93. The number of rotatable bonds is 5. The molecular formula is C15H27N3. The second-order valence-corrected chi connectivity index (χ2v) is 5.70. The molecule has 18 heavy (non-hydrogen) atoms. The van der Waals surface area contributed by atoms with Crippen LogP contribution < -0.4 is 5.32 Å². The Bertz CT molecular complexity index is 383. The summed E-state index contributed by atoms with van der Waals surface area (Å²) in [5, 5.41) is 8.33. The minimum Gasteiger partial charge on any atom is -0.308 e. The summed E-state index contributed by atoms with van der Waals surface area (Å²) < 4.78 is 2.13. The summed E-state index contributed by atoms with van der Waals surface area (Å²) in [6.45, 7) is 11.0. The number of hydrogen-bond acceptors (Lipinski definition) is 2. The molecule has 3 heteroatoms. The van der Waals surface area contributed by atoms with E-state index in [9.17, 15) is 0 Å². The molecule has 1 aromatic heterocycles. The van der Waals surface area contributed by atoms with Crippen LogP contribution in [0.5, 0.6) is 0 Å². The summed E-state index contributed by atoms with van der Waals surface area (Å²) in [6.07, 6.45) is 3.71. The normalized spacial score (nSPS) is 27.9. The van der Waals surface area contributed by atoms with Crippen molar-refractivity contribution in [2.24, 2.45) is 11.8 Å². The predicted molar refractivity (Wildman–Crippen MR) is 75.5 cm³/mol. The van der Waals surface area contributed by atoms with Gasteiger partial charge in [0.25, 0.3) is 0 Å². The zero-order chi connectivity index (χ0) is 13.1. The molecule has 3 atom stereocenters. The molecule has 3 nitrogen and oxygen atoms in total. The van der Waals surface area contributed by atoms with Crippen LogP contribution in [0.25, 0.3) is 0 Å². The van der Waals surface area contributed by atoms with Crippen molar-refractivity contribution in [2.75, 3.05) is 0 Å². The summed E-state index contributed by atoms with van der Waals surface area (Å²) in [4.78, 5) is 0. The second kappa shape index (κ2) is 5.87. The van der Waals surface area contributed by atoms with Crippen LogP contribution in [0, 0.1) is 11.8 Å². The lowest BCUT2D eigenvalue weighted by Gasteiger charge is -2.19. The van der Waals surface area contributed by atoms with E-state index in [1.54, 1.807) is 0 Å². The lowest BCUT2D eigenvalue weighted by Crippen LogP contribution is -2.32. The Morgan fingerprint density at radius 2 is 2.11 bits per heavy atom. The van der Waals surface area contributed by atoms with Gasteiger partial charge in [-0.05, 0) is 44.1 Å². The first kappa shape index (κ1) is 13.6. The minimum absolute atomic E-state index is 0.685. The summed E-state index contributed by atoms with van der Waals surface area (Å²) in [5.41, 5.74) is 2.54. The van der Waals surface area contributed by atoms with E-state index < -0.39 is 0 Å². The van der Waals surface area contributed by atoms with E-state index >= 15 is 0 Å². The first-order valence-corrected chi connectivity index (χ1v) is 7.44. The standard InChI is InChI=1S/C15H27N3/c1-5-13-9-14(18(6-2)17-13)10-16-15-8-7-11(3)12(15)4/h9,11-12,15-16H,5-8,10H2,1-4H3. The fraction of sp³-hybridized carbons (Fsp3) is 0.800. The number of nitrogens with one attached hydrogen (secondary N) is 1. The lowest BCUT2D eigenvalue weighted by molar-refractivity contribution is 0.365. The van der Waals surface area contributed by atoms with Gasteiger partial charge in [0.05, 0.1) is 11.4 Å². The molecule has 0 saturated heterocycles. The third-order valence-electron chi connectivity index (χ3n) is 4.59. The van der Waals surface area contributed by atoms with Gasteiger partial charge in [-0.1, -0.05) is 20.8 Å². The molecule has 0 aliphatic heterocycles. The van der Waals surface area contributed by atoms with E-state index in [-0.39, 0.29) is 0 Å². The molecular weight excluding hydrogens is 222 g/mol. The molecule has 3 unspecified atom stereocenters. The van der Waals surface area contributed by atoms with Gasteiger partial charge >= 0.3 is 0 Å². The number of nitrogens with zero attached hydrogens (tertiary/aromatic N) is 2. The SMILES string of the molecule is CCc1cc(CNC2CCC(C)C2C)n(CC)n1. The van der Waals surface area contributed by atoms with Crippen molar-refractivity contribution in [1.82, 2.24) is 15.1 Å². The number of aromatic nitrogens is 2. The summed E-state index contributed by atoms with van der Waals surface area (Å²) >= 11 is 0. The molecule has 1 aliphatic carbocycles. The maximum absolute atomic E-state index is 4.60. The molecule has 0 aromatic carbocycles. The van der Waals surface area contributed by atoms with Gasteiger partial charge in [0, 0.05) is 19.1 Å². The molecule has 0 bridgehead atoms. The number of aryl methyl sites for hydroxylation is 2. The minimum atomic E-state index is 0.685. The smallest absolute Gasteiger partial charge is 0.0625 e. The Balaban J connectivity index is 1.95. The molecule has 1 N–H and O–H groups in total. The van der Waals surface area contributed by atoms with Crippen LogP contribution in [-0.4, -0.2) is 15.8 Å². The van der Waals surface area contributed by atoms with Crippen LogP contribution in [0.15, 0.2) is 6.07 Å². The van der Waals surface area contributed by atoms with Crippen molar-refractivity contribution in [1.29, 1.82) is 0 Å². The third kappa shape index (κ3) is 2.77. The van der Waals surface area contributed by atoms with Gasteiger partial charge in [0.2, 0.25) is 0 Å². The van der Waals surface area contributed by atoms with Crippen molar-refractivity contribution >= 4 is 0 Å². The molecule has 102 valence electrons. The summed E-state index contributed by atoms with van der Waals surface area (Å²) in [5.74, 6) is 1.67. The van der Waals surface area contributed by atoms with Gasteiger partial charge in [-0.2, -0.15) is 5.10 Å². The summed E-state index contributed by atoms with van der Waals surface area (Å²) in [7, 11) is 0. The maximum Gasteiger partial charge on any atom is 0.0625 e. The third-order valence-corrected chi connectivity index (χ3v) is 4.59. The van der Waals surface area contributed by atoms with Crippen molar-refractivity contribution in [3.63, 3.8) is 0 Å². The quantitative estimate of drug-likeness (QED) is 0.869. The zero-order valence-corrected chi connectivity index (χ0v) is 12.2. The largest absolute Gasteiger partial charge is 0.308 e. The molecule has 2 rings (SSSR count). The average molecular weight is 249 g/mol. The van der Waals surface area contributed by atoms with E-state index in [4.69, 9.17) is 0 Å². The van der Waals surface area contributed by atoms with Crippen LogP contribution in [0.2, 0.25) is 0 Å². The van der Waals surface area contributed by atoms with Gasteiger partial charge in [0.15, 0.2) is 0 Å². The zero-order valence-electron chi connectivity index (χ0n) is 12.2. The van der Waals surface area contributed by atoms with E-state index in [2.05, 4.69) is 48.9 Å². The van der Waals surface area contributed by atoms with E-state index in [0.717, 1.165) is 31.3 Å². The van der Waals surface area contributed by atoms with Crippen LogP contribution in [0.3, 0.4) is 0 Å². The molecule has 0 amide bonds. The number of hydrogen-bond donors (Lipinski definition) is 1. The predicted octanol–water partition coefficient (Wildman–Crippen LogP) is 2.99. The van der Waals surface area contributed by atoms with Gasteiger partial charge in [-0.25, -0.2) is 0 Å². The molecule has 1 heterocycles. The topological polar surface area (TPSA) is 29.9 Å². The van der Waals surface area contributed by atoms with Gasteiger partial charge in [0.1, 0.15) is 0 Å². The van der Waals surface area contributed by atoms with Crippen LogP contribution in [0.1, 0.15) is 51.9 Å². The van der Waals surface area contributed by atoms with Crippen LogP contribution >= 0.6 is 0 Å². The Morgan fingerprint density at radius 1 is 1.33 bits per heavy atom. The Labute approximate surface area is 111 Å². The maximum atomic E-state index is 4.60. The first-order valence-electron chi connectivity index (χ1n) is 7.44. The van der Waals surface area contributed by atoms with E-state index in [0.29, 0.717) is 6.04 Å². The van der Waals surface area contributed by atoms with Crippen molar-refractivity contribution in [3.8, 4) is 0 Å². The van der Waals surface area contributed by atoms with Gasteiger partial charge < -0.3 is 5.32 Å². The highest BCUT2D eigenvalue weighted by Crippen LogP contribution is 2.31.